The third-order valence-electron chi connectivity index (χ3n) is 4.12. The Balaban J connectivity index is 1.70. The molecule has 0 spiro atoms. The molecule has 0 aliphatic carbocycles. The molecule has 0 saturated carbocycles. The van der Waals surface area contributed by atoms with Crippen LogP contribution in [0.15, 0.2) is 41.4 Å². The van der Waals surface area contributed by atoms with Gasteiger partial charge in [0.2, 0.25) is 15.9 Å². The van der Waals surface area contributed by atoms with E-state index in [1.54, 1.807) is 19.2 Å². The quantitative estimate of drug-likeness (QED) is 0.771. The number of aryl methyl sites for hydroxylation is 1. The fraction of sp³-hybridized carbons (Fsp3) is 0.389. The van der Waals surface area contributed by atoms with E-state index in [1.807, 2.05) is 13.0 Å². The molecule has 0 radical (unpaired) electrons. The molecule has 1 aliphatic rings. The van der Waals surface area contributed by atoms with Crippen LogP contribution in [0.3, 0.4) is 0 Å². The predicted molar refractivity (Wildman–Crippen MR) is 94.3 cm³/mol. The van der Waals surface area contributed by atoms with Crippen LogP contribution in [-0.4, -0.2) is 43.5 Å². The number of halogens is 1. The van der Waals surface area contributed by atoms with Crippen molar-refractivity contribution >= 4 is 10.0 Å². The normalized spacial score (nSPS) is 18.0. The fourth-order valence-corrected chi connectivity index (χ4v) is 4.27. The summed E-state index contributed by atoms with van der Waals surface area (Å²) in [6, 6.07) is 7.34. The molecule has 1 saturated heterocycles. The minimum atomic E-state index is -3.79. The Morgan fingerprint density at radius 3 is 2.77 bits per heavy atom. The van der Waals surface area contributed by atoms with Gasteiger partial charge in [-0.2, -0.15) is 4.31 Å². The zero-order valence-corrected chi connectivity index (χ0v) is 15.5. The molecule has 1 fully saturated rings. The van der Waals surface area contributed by atoms with Gasteiger partial charge in [-0.1, -0.05) is 6.07 Å². The van der Waals surface area contributed by atoms with E-state index >= 15 is 0 Å². The highest BCUT2D eigenvalue weighted by atomic mass is 32.2. The molecule has 0 N–H and O–H groups in total. The lowest BCUT2D eigenvalue weighted by atomic mass is 10.3. The van der Waals surface area contributed by atoms with Crippen LogP contribution in [0.1, 0.15) is 18.9 Å². The van der Waals surface area contributed by atoms with Crippen molar-refractivity contribution in [2.75, 3.05) is 19.7 Å². The Bertz CT molecular complexity index is 871. The summed E-state index contributed by atoms with van der Waals surface area (Å²) in [5.41, 5.74) is 1.02. The third kappa shape index (κ3) is 3.96. The molecule has 3 rings (SSSR count). The lowest BCUT2D eigenvalue weighted by Crippen LogP contribution is -2.31. The number of pyridine rings is 1. The van der Waals surface area contributed by atoms with E-state index in [2.05, 4.69) is 4.98 Å². The van der Waals surface area contributed by atoms with Gasteiger partial charge in [-0.15, -0.1) is 0 Å². The Morgan fingerprint density at radius 2 is 2.12 bits per heavy atom. The van der Waals surface area contributed by atoms with E-state index in [9.17, 15) is 12.8 Å². The highest BCUT2D eigenvalue weighted by Gasteiger charge is 2.34. The van der Waals surface area contributed by atoms with Crippen LogP contribution in [0.5, 0.6) is 11.6 Å². The number of benzene rings is 1. The van der Waals surface area contributed by atoms with Gasteiger partial charge in [0, 0.05) is 18.8 Å². The third-order valence-corrected chi connectivity index (χ3v) is 5.98. The highest BCUT2D eigenvalue weighted by molar-refractivity contribution is 7.89. The lowest BCUT2D eigenvalue weighted by Gasteiger charge is -2.17. The zero-order valence-electron chi connectivity index (χ0n) is 14.7. The number of rotatable bonds is 6. The number of hydrogen-bond acceptors (Lipinski definition) is 5. The van der Waals surface area contributed by atoms with Crippen molar-refractivity contribution in [2.24, 2.45) is 0 Å². The van der Waals surface area contributed by atoms with E-state index in [4.69, 9.17) is 9.47 Å². The first-order chi connectivity index (χ1) is 12.4. The Morgan fingerprint density at radius 1 is 1.31 bits per heavy atom. The molecule has 0 amide bonds. The number of ether oxygens (including phenoxy) is 2. The average Bonchev–Trinajstić information content (AvgIpc) is 3.08. The minimum absolute atomic E-state index is 0.0412. The summed E-state index contributed by atoms with van der Waals surface area (Å²) >= 11 is 0. The largest absolute Gasteiger partial charge is 0.491 e. The van der Waals surface area contributed by atoms with Crippen LogP contribution in [0, 0.1) is 12.7 Å². The Kier molecular flexibility index (Phi) is 5.43. The number of aromatic nitrogens is 1. The van der Waals surface area contributed by atoms with Gasteiger partial charge in [0.1, 0.15) is 6.10 Å². The minimum Gasteiger partial charge on any atom is -0.491 e. The van der Waals surface area contributed by atoms with Crippen LogP contribution >= 0.6 is 0 Å². The van der Waals surface area contributed by atoms with Crippen molar-refractivity contribution in [3.63, 3.8) is 0 Å². The Labute approximate surface area is 152 Å². The first-order valence-corrected chi connectivity index (χ1v) is 9.86. The summed E-state index contributed by atoms with van der Waals surface area (Å²) in [5, 5.41) is 0. The molecule has 1 aliphatic heterocycles. The highest BCUT2D eigenvalue weighted by Crippen LogP contribution is 2.27. The van der Waals surface area contributed by atoms with Crippen molar-refractivity contribution in [3.05, 3.63) is 47.9 Å². The summed E-state index contributed by atoms with van der Waals surface area (Å²) < 4.78 is 51.7. The summed E-state index contributed by atoms with van der Waals surface area (Å²) in [6.07, 6.45) is 1.96. The van der Waals surface area contributed by atoms with Crippen LogP contribution in [0.4, 0.5) is 4.39 Å². The van der Waals surface area contributed by atoms with Crippen molar-refractivity contribution < 1.29 is 22.3 Å². The second kappa shape index (κ2) is 7.59. The lowest BCUT2D eigenvalue weighted by molar-refractivity contribution is 0.207. The molecular formula is C18H21FN2O4S. The fourth-order valence-electron chi connectivity index (χ4n) is 2.77. The second-order valence-corrected chi connectivity index (χ2v) is 8.03. The van der Waals surface area contributed by atoms with E-state index < -0.39 is 15.8 Å². The number of nitrogens with zero attached hydrogens (tertiary/aromatic N) is 2. The molecule has 1 aromatic heterocycles. The Hall–Kier alpha value is -2.19. The first-order valence-electron chi connectivity index (χ1n) is 8.42. The monoisotopic (exact) mass is 380 g/mol. The number of hydrogen-bond donors (Lipinski definition) is 0. The second-order valence-electron chi connectivity index (χ2n) is 6.09. The smallest absolute Gasteiger partial charge is 0.243 e. The topological polar surface area (TPSA) is 68.7 Å². The van der Waals surface area contributed by atoms with Gasteiger partial charge in [0.15, 0.2) is 11.6 Å². The molecular weight excluding hydrogens is 359 g/mol. The van der Waals surface area contributed by atoms with Crippen LogP contribution in [0.25, 0.3) is 0 Å². The summed E-state index contributed by atoms with van der Waals surface area (Å²) in [4.78, 5) is 4.08. The van der Waals surface area contributed by atoms with Crippen molar-refractivity contribution in [1.29, 1.82) is 0 Å². The SMILES string of the molecule is CCOc1ccc(S(=O)(=O)N2CCC(Oc3ccc(C)cn3)C2)cc1F. The molecule has 1 aromatic carbocycles. The van der Waals surface area contributed by atoms with E-state index in [1.165, 1.54) is 16.4 Å². The predicted octanol–water partition coefficient (Wildman–Crippen LogP) is 2.77. The van der Waals surface area contributed by atoms with Gasteiger partial charge < -0.3 is 9.47 Å². The zero-order chi connectivity index (χ0) is 18.7. The molecule has 6 nitrogen and oxygen atoms in total. The van der Waals surface area contributed by atoms with Crippen molar-refractivity contribution in [3.8, 4) is 11.6 Å². The van der Waals surface area contributed by atoms with E-state index in [0.29, 0.717) is 25.5 Å². The summed E-state index contributed by atoms with van der Waals surface area (Å²) in [6.45, 7) is 4.48. The van der Waals surface area contributed by atoms with Gasteiger partial charge in [-0.05, 0) is 44.0 Å². The maximum Gasteiger partial charge on any atom is 0.243 e. The van der Waals surface area contributed by atoms with Gasteiger partial charge in [0.05, 0.1) is 18.0 Å². The molecule has 26 heavy (non-hydrogen) atoms. The van der Waals surface area contributed by atoms with Crippen LogP contribution in [0.2, 0.25) is 0 Å². The average molecular weight is 380 g/mol. The maximum absolute atomic E-state index is 14.0. The van der Waals surface area contributed by atoms with Gasteiger partial charge in [-0.25, -0.2) is 17.8 Å². The molecule has 8 heteroatoms. The van der Waals surface area contributed by atoms with Crippen LogP contribution in [-0.2, 0) is 10.0 Å². The molecule has 0 bridgehead atoms. The molecule has 2 heterocycles. The van der Waals surface area contributed by atoms with Crippen molar-refractivity contribution in [1.82, 2.24) is 9.29 Å². The summed E-state index contributed by atoms with van der Waals surface area (Å²) in [7, 11) is -3.79. The van der Waals surface area contributed by atoms with Gasteiger partial charge >= 0.3 is 0 Å². The standard InChI is InChI=1S/C18H21FN2O4S/c1-3-24-17-6-5-15(10-16(17)19)26(22,23)21-9-8-14(12-21)25-18-7-4-13(2)11-20-18/h4-7,10-11,14H,3,8-9,12H2,1-2H3. The molecule has 1 atom stereocenters. The van der Waals surface area contributed by atoms with E-state index in [0.717, 1.165) is 11.6 Å². The van der Waals surface area contributed by atoms with Crippen LogP contribution < -0.4 is 9.47 Å². The molecule has 1 unspecified atom stereocenters. The van der Waals surface area contributed by atoms with Crippen molar-refractivity contribution in [2.45, 2.75) is 31.3 Å². The summed E-state index contributed by atoms with van der Waals surface area (Å²) in [5.74, 6) is -0.185. The number of sulfonamides is 1. The van der Waals surface area contributed by atoms with Gasteiger partial charge in [-0.3, -0.25) is 0 Å². The van der Waals surface area contributed by atoms with Gasteiger partial charge in [0.25, 0.3) is 0 Å². The maximum atomic E-state index is 14.0. The molecule has 2 aromatic rings. The van der Waals surface area contributed by atoms with E-state index in [-0.39, 0.29) is 23.3 Å². The first kappa shape index (κ1) is 18.6. The molecule has 140 valence electrons.